The van der Waals surface area contributed by atoms with Gasteiger partial charge in [0, 0.05) is 12.4 Å². The van der Waals surface area contributed by atoms with Crippen molar-refractivity contribution >= 4 is 23.2 Å². The molecule has 8 nitrogen and oxygen atoms in total. The number of carbonyl (C=O) groups is 1. The average Bonchev–Trinajstić information content (AvgIpc) is 2.84. The number of imidazole rings is 1. The van der Waals surface area contributed by atoms with Crippen LogP contribution in [0.2, 0.25) is 0 Å². The quantitative estimate of drug-likeness (QED) is 0.586. The highest BCUT2D eigenvalue weighted by atomic mass is 35.5. The van der Waals surface area contributed by atoms with E-state index in [9.17, 15) is 9.59 Å². The Balaban J connectivity index is 2.44. The van der Waals surface area contributed by atoms with Crippen LogP contribution >= 0.6 is 11.6 Å². The highest BCUT2D eigenvalue weighted by Gasteiger charge is 2.16. The summed E-state index contributed by atoms with van der Waals surface area (Å²) in [6.45, 7) is 4.02. The minimum absolute atomic E-state index is 0.0458. The maximum atomic E-state index is 11.9. The Kier molecular flexibility index (Phi) is 3.91. The topological polar surface area (TPSA) is 94.2 Å². The first-order valence-corrected chi connectivity index (χ1v) is 5.98. The monoisotopic (exact) mass is 282 g/mol. The fourth-order valence-electron chi connectivity index (χ4n) is 1.47. The molecule has 0 unspecified atom stereocenters. The molecule has 0 saturated carbocycles. The SMILES string of the molecule is C=CCNC(=O)c1ncn2c(=O)n(CCCl)nnc12. The van der Waals surface area contributed by atoms with Crippen LogP contribution in [0.3, 0.4) is 0 Å². The molecule has 0 spiro atoms. The Labute approximate surface area is 112 Å². The molecule has 0 radical (unpaired) electrons. The van der Waals surface area contributed by atoms with Crippen LogP contribution in [0.1, 0.15) is 10.5 Å². The maximum Gasteiger partial charge on any atom is 0.353 e. The number of aromatic nitrogens is 5. The summed E-state index contributed by atoms with van der Waals surface area (Å²) < 4.78 is 2.26. The van der Waals surface area contributed by atoms with E-state index in [0.29, 0.717) is 6.54 Å². The van der Waals surface area contributed by atoms with Gasteiger partial charge in [0.05, 0.1) is 6.54 Å². The molecule has 19 heavy (non-hydrogen) atoms. The number of carbonyl (C=O) groups excluding carboxylic acids is 1. The van der Waals surface area contributed by atoms with E-state index in [-0.39, 0.29) is 23.8 Å². The van der Waals surface area contributed by atoms with E-state index in [4.69, 9.17) is 11.6 Å². The predicted molar refractivity (Wildman–Crippen MR) is 68.3 cm³/mol. The van der Waals surface area contributed by atoms with Gasteiger partial charge in [-0.1, -0.05) is 11.3 Å². The van der Waals surface area contributed by atoms with Crippen molar-refractivity contribution in [3.63, 3.8) is 0 Å². The number of nitrogens with one attached hydrogen (secondary N) is 1. The fourth-order valence-corrected chi connectivity index (χ4v) is 1.63. The summed E-state index contributed by atoms with van der Waals surface area (Å²) in [7, 11) is 0. The lowest BCUT2D eigenvalue weighted by atomic mass is 10.4. The molecule has 9 heteroatoms. The normalized spacial score (nSPS) is 10.6. The van der Waals surface area contributed by atoms with Crippen molar-refractivity contribution in [3.05, 3.63) is 35.2 Å². The van der Waals surface area contributed by atoms with Crippen molar-refractivity contribution in [1.29, 1.82) is 0 Å². The van der Waals surface area contributed by atoms with E-state index >= 15 is 0 Å². The lowest BCUT2D eigenvalue weighted by Gasteiger charge is -2.01. The van der Waals surface area contributed by atoms with Crippen LogP contribution in [-0.2, 0) is 6.54 Å². The van der Waals surface area contributed by atoms with E-state index < -0.39 is 11.6 Å². The summed E-state index contributed by atoms with van der Waals surface area (Å²) in [5.74, 6) is -0.201. The number of fused-ring (bicyclic) bond motifs is 1. The summed E-state index contributed by atoms with van der Waals surface area (Å²) in [4.78, 5) is 27.6. The molecule has 0 atom stereocenters. The van der Waals surface area contributed by atoms with Crippen LogP contribution in [0.4, 0.5) is 0 Å². The smallest absolute Gasteiger partial charge is 0.347 e. The maximum absolute atomic E-state index is 11.9. The van der Waals surface area contributed by atoms with E-state index in [1.807, 2.05) is 0 Å². The zero-order valence-corrected chi connectivity index (χ0v) is 10.7. The molecule has 0 aliphatic heterocycles. The van der Waals surface area contributed by atoms with Gasteiger partial charge < -0.3 is 5.32 Å². The highest BCUT2D eigenvalue weighted by Crippen LogP contribution is 2.02. The number of nitrogens with zero attached hydrogens (tertiary/aromatic N) is 5. The third kappa shape index (κ3) is 2.48. The van der Waals surface area contributed by atoms with Crippen LogP contribution in [0.25, 0.3) is 5.65 Å². The molecule has 0 aliphatic rings. The van der Waals surface area contributed by atoms with E-state index in [2.05, 4.69) is 27.2 Å². The lowest BCUT2D eigenvalue weighted by molar-refractivity contribution is 0.0955. The number of amides is 1. The molecular formula is C10H11ClN6O2. The minimum atomic E-state index is -0.444. The second-order valence-electron chi connectivity index (χ2n) is 3.57. The number of hydrogen-bond acceptors (Lipinski definition) is 5. The molecule has 2 heterocycles. The zero-order chi connectivity index (χ0) is 13.8. The standard InChI is InChI=1S/C10H11ClN6O2/c1-2-4-12-9(18)7-8-14-15-17(5-3-11)10(19)16(8)6-13-7/h2,6H,1,3-5H2,(H,12,18). The number of halogens is 1. The molecule has 100 valence electrons. The zero-order valence-electron chi connectivity index (χ0n) is 9.91. The summed E-state index contributed by atoms with van der Waals surface area (Å²) >= 11 is 5.55. The van der Waals surface area contributed by atoms with Crippen LogP contribution in [-0.4, -0.2) is 42.7 Å². The van der Waals surface area contributed by atoms with Gasteiger partial charge in [0.25, 0.3) is 5.91 Å². The Morgan fingerprint density at radius 1 is 1.58 bits per heavy atom. The second-order valence-corrected chi connectivity index (χ2v) is 3.95. The first-order chi connectivity index (χ1) is 9.19. The third-order valence-electron chi connectivity index (χ3n) is 2.33. The van der Waals surface area contributed by atoms with Crippen molar-refractivity contribution in [3.8, 4) is 0 Å². The van der Waals surface area contributed by atoms with Crippen molar-refractivity contribution in [2.75, 3.05) is 12.4 Å². The molecule has 1 amide bonds. The summed E-state index contributed by atoms with van der Waals surface area (Å²) in [6, 6.07) is 0. The van der Waals surface area contributed by atoms with Gasteiger partial charge >= 0.3 is 5.69 Å². The van der Waals surface area contributed by atoms with Crippen molar-refractivity contribution in [2.24, 2.45) is 0 Å². The molecular weight excluding hydrogens is 272 g/mol. The molecule has 2 aromatic rings. The van der Waals surface area contributed by atoms with Gasteiger partial charge in [0.2, 0.25) is 0 Å². The van der Waals surface area contributed by atoms with Gasteiger partial charge in [-0.25, -0.2) is 14.2 Å². The molecule has 2 rings (SSSR count). The Bertz CT molecular complexity index is 676. The molecule has 0 aromatic carbocycles. The Morgan fingerprint density at radius 3 is 3.05 bits per heavy atom. The highest BCUT2D eigenvalue weighted by molar-refractivity contribution is 6.17. The van der Waals surface area contributed by atoms with Crippen LogP contribution in [0.5, 0.6) is 0 Å². The molecule has 0 fully saturated rings. The van der Waals surface area contributed by atoms with E-state index in [1.54, 1.807) is 0 Å². The molecule has 1 N–H and O–H groups in total. The van der Waals surface area contributed by atoms with Gasteiger partial charge in [0.1, 0.15) is 6.33 Å². The lowest BCUT2D eigenvalue weighted by Crippen LogP contribution is -2.31. The van der Waals surface area contributed by atoms with E-state index in [0.717, 1.165) is 9.08 Å². The Morgan fingerprint density at radius 2 is 2.37 bits per heavy atom. The van der Waals surface area contributed by atoms with Crippen molar-refractivity contribution in [2.45, 2.75) is 6.54 Å². The molecule has 0 aliphatic carbocycles. The summed E-state index contributed by atoms with van der Waals surface area (Å²) in [5, 5.41) is 10.1. The minimum Gasteiger partial charge on any atom is -0.347 e. The summed E-state index contributed by atoms with van der Waals surface area (Å²) in [5.41, 5.74) is -0.289. The van der Waals surface area contributed by atoms with Crippen molar-refractivity contribution < 1.29 is 4.79 Å². The number of rotatable bonds is 5. The average molecular weight is 283 g/mol. The van der Waals surface area contributed by atoms with Gasteiger partial charge in [-0.05, 0) is 0 Å². The van der Waals surface area contributed by atoms with Gasteiger partial charge in [-0.3, -0.25) is 4.79 Å². The third-order valence-corrected chi connectivity index (χ3v) is 2.50. The molecule has 0 saturated heterocycles. The first kappa shape index (κ1) is 13.2. The number of alkyl halides is 1. The van der Waals surface area contributed by atoms with Crippen LogP contribution in [0, 0.1) is 0 Å². The van der Waals surface area contributed by atoms with Gasteiger partial charge in [-0.15, -0.1) is 23.3 Å². The Hall–Kier alpha value is -2.22. The predicted octanol–water partition coefficient (Wildman–Crippen LogP) is -0.559. The summed E-state index contributed by atoms with van der Waals surface area (Å²) in [6.07, 6.45) is 2.77. The fraction of sp³-hybridized carbons (Fsp3) is 0.300. The van der Waals surface area contributed by atoms with Gasteiger partial charge in [0.15, 0.2) is 11.3 Å². The number of aryl methyl sites for hydroxylation is 1. The second kappa shape index (κ2) is 5.61. The van der Waals surface area contributed by atoms with Crippen molar-refractivity contribution in [1.82, 2.24) is 29.7 Å². The van der Waals surface area contributed by atoms with Crippen LogP contribution < -0.4 is 11.0 Å². The van der Waals surface area contributed by atoms with E-state index in [1.165, 1.54) is 12.4 Å². The van der Waals surface area contributed by atoms with Gasteiger partial charge in [-0.2, -0.15) is 4.68 Å². The largest absolute Gasteiger partial charge is 0.353 e. The molecule has 0 bridgehead atoms. The van der Waals surface area contributed by atoms with Crippen LogP contribution in [0.15, 0.2) is 23.8 Å². The first-order valence-electron chi connectivity index (χ1n) is 5.45. The number of hydrogen-bond donors (Lipinski definition) is 1. The molecule has 2 aromatic heterocycles.